The highest BCUT2D eigenvalue weighted by Crippen LogP contribution is 2.65. The van der Waals surface area contributed by atoms with Gasteiger partial charge in [0.15, 0.2) is 5.65 Å². The molecule has 3 saturated carbocycles. The maximum absolute atomic E-state index is 12.3. The first kappa shape index (κ1) is 20.4. The Morgan fingerprint density at radius 1 is 1.12 bits per heavy atom. The molecule has 3 aliphatic carbocycles. The first-order valence-electron chi connectivity index (χ1n) is 12.4. The third-order valence-corrected chi connectivity index (χ3v) is 10.3. The van der Waals surface area contributed by atoms with Gasteiger partial charge < -0.3 is 9.88 Å². The number of hydrogen-bond acceptors (Lipinski definition) is 4. The monoisotopic (exact) mass is 433 g/mol. The molecule has 32 heavy (non-hydrogen) atoms. The second-order valence-electron chi connectivity index (χ2n) is 11.5. The van der Waals surface area contributed by atoms with Crippen molar-refractivity contribution in [2.24, 2.45) is 34.5 Å². The zero-order chi connectivity index (χ0) is 22.3. The molecule has 4 aliphatic rings. The average molecular weight is 434 g/mol. The van der Waals surface area contributed by atoms with Crippen molar-refractivity contribution in [2.45, 2.75) is 71.8 Å². The van der Waals surface area contributed by atoms with E-state index in [1.807, 2.05) is 24.9 Å². The van der Waals surface area contributed by atoms with Gasteiger partial charge in [0.2, 0.25) is 5.91 Å². The molecule has 2 aromatic rings. The molecule has 6 rings (SSSR count). The van der Waals surface area contributed by atoms with Gasteiger partial charge in [0, 0.05) is 24.9 Å². The molecule has 0 bridgehead atoms. The van der Waals surface area contributed by atoms with Crippen LogP contribution < -0.4 is 0 Å². The van der Waals surface area contributed by atoms with E-state index in [0.29, 0.717) is 23.3 Å². The Morgan fingerprint density at radius 2 is 1.97 bits per heavy atom. The summed E-state index contributed by atoms with van der Waals surface area (Å²) in [6.07, 6.45) is 14.3. The van der Waals surface area contributed by atoms with Crippen molar-refractivity contribution < 1.29 is 4.79 Å². The summed E-state index contributed by atoms with van der Waals surface area (Å²) in [4.78, 5) is 31.3. The van der Waals surface area contributed by atoms with E-state index < -0.39 is 0 Å². The Hall–Kier alpha value is -2.24. The Morgan fingerprint density at radius 3 is 2.78 bits per heavy atom. The van der Waals surface area contributed by atoms with Crippen LogP contribution in [0.1, 0.15) is 63.9 Å². The van der Waals surface area contributed by atoms with Crippen LogP contribution in [-0.2, 0) is 11.2 Å². The fraction of sp³-hybridized carbons (Fsp3) is 0.692. The van der Waals surface area contributed by atoms with Gasteiger partial charge in [0.1, 0.15) is 17.7 Å². The van der Waals surface area contributed by atoms with Crippen molar-refractivity contribution in [3.05, 3.63) is 30.0 Å². The average Bonchev–Trinajstić information content (AvgIpc) is 3.33. The zero-order valence-electron chi connectivity index (χ0n) is 19.8. The van der Waals surface area contributed by atoms with Gasteiger partial charge in [-0.15, -0.1) is 0 Å². The molecule has 1 amide bonds. The highest BCUT2D eigenvalue weighted by molar-refractivity contribution is 5.89. The van der Waals surface area contributed by atoms with Gasteiger partial charge in [-0.2, -0.15) is 0 Å². The largest absolute Gasteiger partial charge is 0.339 e. The third-order valence-electron chi connectivity index (χ3n) is 10.3. The van der Waals surface area contributed by atoms with Gasteiger partial charge in [-0.05, 0) is 80.6 Å². The van der Waals surface area contributed by atoms with Crippen LogP contribution in [0, 0.1) is 41.4 Å². The van der Waals surface area contributed by atoms with Gasteiger partial charge in [0.25, 0.3) is 0 Å². The molecule has 7 atom stereocenters. The Kier molecular flexibility index (Phi) is 4.38. The molecule has 1 N–H and O–H groups in total. The number of nitrogens with zero attached hydrogens (tertiary/aromatic N) is 4. The molecule has 3 fully saturated rings. The van der Waals surface area contributed by atoms with E-state index in [1.165, 1.54) is 32.1 Å². The van der Waals surface area contributed by atoms with Gasteiger partial charge >= 0.3 is 0 Å². The molecular weight excluding hydrogens is 398 g/mol. The summed E-state index contributed by atoms with van der Waals surface area (Å²) in [5.41, 5.74) is 3.26. The van der Waals surface area contributed by atoms with Crippen LogP contribution in [0.3, 0.4) is 0 Å². The van der Waals surface area contributed by atoms with Gasteiger partial charge in [-0.25, -0.2) is 15.0 Å². The first-order valence-corrected chi connectivity index (χ1v) is 12.4. The molecular formula is C26H35N5O. The lowest BCUT2D eigenvalue weighted by molar-refractivity contribution is -0.138. The Labute approximate surface area is 190 Å². The number of hydrogen-bond donors (Lipinski definition) is 1. The van der Waals surface area contributed by atoms with E-state index in [4.69, 9.17) is 4.98 Å². The third kappa shape index (κ3) is 2.70. The van der Waals surface area contributed by atoms with E-state index in [9.17, 15) is 4.79 Å². The second kappa shape index (κ2) is 6.88. The van der Waals surface area contributed by atoms with Crippen LogP contribution in [0.4, 0.5) is 0 Å². The highest BCUT2D eigenvalue weighted by Gasteiger charge is 2.60. The van der Waals surface area contributed by atoms with Crippen LogP contribution in [0.25, 0.3) is 11.2 Å². The van der Waals surface area contributed by atoms with Crippen LogP contribution >= 0.6 is 0 Å². The summed E-state index contributed by atoms with van der Waals surface area (Å²) in [5.74, 6) is 4.16. The molecule has 0 unspecified atom stereocenters. The van der Waals surface area contributed by atoms with E-state index in [-0.39, 0.29) is 11.3 Å². The van der Waals surface area contributed by atoms with Crippen molar-refractivity contribution >= 4 is 17.1 Å². The number of rotatable bonds is 2. The van der Waals surface area contributed by atoms with Gasteiger partial charge in [-0.3, -0.25) is 4.79 Å². The first-order chi connectivity index (χ1) is 15.3. The number of nitrogens with one attached hydrogen (secondary N) is 1. The number of likely N-dealkylation sites (N-methyl/N-ethyl adjacent to an activating group) is 1. The van der Waals surface area contributed by atoms with E-state index in [0.717, 1.165) is 47.4 Å². The number of aromatic nitrogens is 4. The summed E-state index contributed by atoms with van der Waals surface area (Å²) in [5, 5.41) is 0. The molecule has 0 saturated heterocycles. The van der Waals surface area contributed by atoms with Crippen molar-refractivity contribution in [3.63, 3.8) is 0 Å². The number of aromatic amines is 1. The highest BCUT2D eigenvalue weighted by atomic mass is 16.2. The number of carbonyl (C=O) groups excluding carboxylic acids is 1. The minimum absolute atomic E-state index is 0.125. The molecule has 1 aliphatic heterocycles. The maximum atomic E-state index is 12.3. The van der Waals surface area contributed by atoms with Crippen LogP contribution in [0.15, 0.2) is 18.5 Å². The fourth-order valence-corrected chi connectivity index (χ4v) is 8.50. The van der Waals surface area contributed by atoms with E-state index in [1.54, 1.807) is 6.33 Å². The second-order valence-corrected chi connectivity index (χ2v) is 11.5. The van der Waals surface area contributed by atoms with Crippen molar-refractivity contribution in [3.8, 4) is 0 Å². The number of H-pyrrole nitrogens is 1. The van der Waals surface area contributed by atoms with Crippen LogP contribution in [-0.4, -0.2) is 43.8 Å². The fourth-order valence-electron chi connectivity index (χ4n) is 8.50. The van der Waals surface area contributed by atoms with Crippen LogP contribution in [0.2, 0.25) is 0 Å². The molecule has 0 spiro atoms. The van der Waals surface area contributed by atoms with E-state index >= 15 is 0 Å². The molecule has 3 heterocycles. The number of fused-ring (bicyclic) bond motifs is 6. The predicted octanol–water partition coefficient (Wildman–Crippen LogP) is 4.46. The number of carbonyl (C=O) groups is 1. The molecule has 6 heteroatoms. The Balaban J connectivity index is 1.26. The minimum Gasteiger partial charge on any atom is -0.339 e. The Bertz CT molecular complexity index is 1110. The van der Waals surface area contributed by atoms with Crippen molar-refractivity contribution in [1.29, 1.82) is 0 Å². The predicted molar refractivity (Wildman–Crippen MR) is 124 cm³/mol. The summed E-state index contributed by atoms with van der Waals surface area (Å²) < 4.78 is 0. The smallest absolute Gasteiger partial charge is 0.246 e. The topological polar surface area (TPSA) is 74.8 Å². The summed E-state index contributed by atoms with van der Waals surface area (Å²) in [6.45, 7) is 7.02. The molecule has 170 valence electrons. The lowest BCUT2D eigenvalue weighted by Gasteiger charge is -2.60. The minimum atomic E-state index is 0.125. The SMILES string of the molecule is Cc1ncnc2nc(C[C@H]3CC[C@H]4[C@@H]5CC[C@H]6N(C)C(=O)C=C[C@]6(C)[C@H]5CC[C@]34C)[nH]c12. The zero-order valence-corrected chi connectivity index (χ0v) is 19.8. The number of amides is 1. The quantitative estimate of drug-likeness (QED) is 0.759. The molecule has 0 aromatic carbocycles. The summed E-state index contributed by atoms with van der Waals surface area (Å²) in [6, 6.07) is 0.364. The van der Waals surface area contributed by atoms with Gasteiger partial charge in [0.05, 0.1) is 5.69 Å². The molecule has 0 radical (unpaired) electrons. The maximum Gasteiger partial charge on any atom is 0.246 e. The van der Waals surface area contributed by atoms with Crippen LogP contribution in [0.5, 0.6) is 0 Å². The van der Waals surface area contributed by atoms with Crippen molar-refractivity contribution in [1.82, 2.24) is 24.8 Å². The molecule has 2 aromatic heterocycles. The standard InChI is InChI=1S/C26H35N5O/c1-15-23-24(28-14-27-15)30-21(29-23)13-16-5-7-18-17-6-8-20-26(3,12-10-22(32)31(20)4)19(17)9-11-25(16,18)2/h10,12,14,16-20H,5-9,11,13H2,1-4H3,(H,27,28,29,30)/t16-,17+,18+,19+,20-,25-,26-/m1/s1. The number of imidazole rings is 1. The lowest BCUT2D eigenvalue weighted by Crippen LogP contribution is -2.59. The number of aryl methyl sites for hydroxylation is 1. The molecule has 6 nitrogen and oxygen atoms in total. The lowest BCUT2D eigenvalue weighted by atomic mass is 9.47. The van der Waals surface area contributed by atoms with E-state index in [2.05, 4.69) is 34.9 Å². The van der Waals surface area contributed by atoms with Crippen molar-refractivity contribution in [2.75, 3.05) is 7.05 Å². The summed E-state index contributed by atoms with van der Waals surface area (Å²) >= 11 is 0. The normalized spacial score (nSPS) is 40.9. The summed E-state index contributed by atoms with van der Waals surface area (Å²) in [7, 11) is 2.01. The van der Waals surface area contributed by atoms with Gasteiger partial charge in [-0.1, -0.05) is 19.9 Å².